The van der Waals surface area contributed by atoms with Gasteiger partial charge in [-0.05, 0) is 25.0 Å². The van der Waals surface area contributed by atoms with Gasteiger partial charge in [0.2, 0.25) is 0 Å². The van der Waals surface area contributed by atoms with Gasteiger partial charge in [-0.2, -0.15) is 0 Å². The topological polar surface area (TPSA) is 78.6 Å². The number of rotatable bonds is 5. The molecule has 1 aromatic carbocycles. The second kappa shape index (κ2) is 6.15. The van der Waals surface area contributed by atoms with E-state index in [0.29, 0.717) is 25.0 Å². The molecule has 0 aromatic heterocycles. The van der Waals surface area contributed by atoms with E-state index in [2.05, 4.69) is 0 Å². The van der Waals surface area contributed by atoms with Gasteiger partial charge in [0.15, 0.2) is 5.78 Å². The van der Waals surface area contributed by atoms with Crippen molar-refractivity contribution in [1.29, 1.82) is 0 Å². The lowest BCUT2D eigenvalue weighted by Crippen LogP contribution is -2.53. The van der Waals surface area contributed by atoms with Gasteiger partial charge in [0.1, 0.15) is 11.5 Å². The Balaban J connectivity index is 2.38. The minimum absolute atomic E-state index is 0.00187. The van der Waals surface area contributed by atoms with Gasteiger partial charge in [-0.15, -0.1) is 0 Å². The Hall–Kier alpha value is -1.40. The zero-order valence-electron chi connectivity index (χ0n) is 12.6. The molecule has 0 spiro atoms. The maximum Gasteiger partial charge on any atom is 0.165 e. The molecule has 0 unspecified atom stereocenters. The van der Waals surface area contributed by atoms with Gasteiger partial charge < -0.3 is 15.2 Å². The summed E-state index contributed by atoms with van der Waals surface area (Å²) in [5, 5.41) is 0. The lowest BCUT2D eigenvalue weighted by atomic mass is 9.76. The van der Waals surface area contributed by atoms with E-state index in [-0.39, 0.29) is 11.5 Å². The summed E-state index contributed by atoms with van der Waals surface area (Å²) in [5.74, 6) is 1.35. The van der Waals surface area contributed by atoms with Crippen molar-refractivity contribution in [2.24, 2.45) is 5.73 Å². The summed E-state index contributed by atoms with van der Waals surface area (Å²) in [6, 6.07) is 3.69. The molecule has 0 radical (unpaired) electrons. The van der Waals surface area contributed by atoms with Crippen molar-refractivity contribution >= 4 is 16.6 Å². The van der Waals surface area contributed by atoms with Gasteiger partial charge in [-0.3, -0.25) is 9.00 Å². The molecule has 21 heavy (non-hydrogen) atoms. The summed E-state index contributed by atoms with van der Waals surface area (Å²) in [5.41, 5.74) is 7.29. The Morgan fingerprint density at radius 2 is 1.86 bits per heavy atom. The average Bonchev–Trinajstić information content (AvgIpc) is 2.45. The van der Waals surface area contributed by atoms with E-state index in [4.69, 9.17) is 15.2 Å². The lowest BCUT2D eigenvalue weighted by Gasteiger charge is -2.34. The smallest absolute Gasteiger partial charge is 0.165 e. The maximum absolute atomic E-state index is 12.3. The maximum atomic E-state index is 12.3. The summed E-state index contributed by atoms with van der Waals surface area (Å²) in [7, 11) is 2.04. The average molecular weight is 311 g/mol. The van der Waals surface area contributed by atoms with Crippen LogP contribution in [0.5, 0.6) is 11.5 Å². The molecule has 6 heteroatoms. The molecule has 2 N–H and O–H groups in total. The molecule has 0 aliphatic heterocycles. The number of ether oxygens (including phenoxy) is 2. The molecule has 0 fully saturated rings. The van der Waals surface area contributed by atoms with Crippen molar-refractivity contribution in [2.45, 2.75) is 24.8 Å². The number of hydrogen-bond donors (Lipinski definition) is 1. The van der Waals surface area contributed by atoms with Crippen LogP contribution >= 0.6 is 0 Å². The van der Waals surface area contributed by atoms with Crippen LogP contribution < -0.4 is 15.2 Å². The third-order valence-corrected chi connectivity index (χ3v) is 4.66. The highest BCUT2D eigenvalue weighted by atomic mass is 32.2. The SMILES string of the molecule is COc1ccc(OC)c2c1CC[C@@](N)(C(=O)C[S@](C)=O)C2. The minimum Gasteiger partial charge on any atom is -0.496 e. The molecular formula is C15H21NO4S. The number of nitrogens with two attached hydrogens (primary N) is 1. The number of benzene rings is 1. The van der Waals surface area contributed by atoms with E-state index in [1.165, 1.54) is 6.26 Å². The fourth-order valence-electron chi connectivity index (χ4n) is 2.82. The van der Waals surface area contributed by atoms with Gasteiger partial charge in [0.05, 0.1) is 25.5 Å². The van der Waals surface area contributed by atoms with Crippen LogP contribution in [0.15, 0.2) is 12.1 Å². The predicted molar refractivity (Wildman–Crippen MR) is 82.4 cm³/mol. The van der Waals surface area contributed by atoms with Crippen molar-refractivity contribution in [3.8, 4) is 11.5 Å². The van der Waals surface area contributed by atoms with Gasteiger partial charge in [-0.25, -0.2) is 0 Å². The van der Waals surface area contributed by atoms with Crippen LogP contribution in [0.4, 0.5) is 0 Å². The number of ketones is 1. The molecule has 2 rings (SSSR count). The highest BCUT2D eigenvalue weighted by molar-refractivity contribution is 7.85. The first-order valence-corrected chi connectivity index (χ1v) is 8.49. The van der Waals surface area contributed by atoms with Gasteiger partial charge >= 0.3 is 0 Å². The molecular weight excluding hydrogens is 290 g/mol. The zero-order chi connectivity index (χ0) is 15.6. The standard InChI is InChI=1S/C15H21NO4S/c1-19-12-4-5-13(20-2)11-8-15(16,7-6-10(11)12)14(17)9-21(3)18/h4-5H,6-9,16H2,1-3H3/t15-,21-/m0/s1. The predicted octanol–water partition coefficient (Wildman–Crippen LogP) is 0.838. The molecule has 5 nitrogen and oxygen atoms in total. The number of carbonyl (C=O) groups excluding carboxylic acids is 1. The summed E-state index contributed by atoms with van der Waals surface area (Å²) >= 11 is 0. The van der Waals surface area contributed by atoms with E-state index in [1.54, 1.807) is 14.2 Å². The molecule has 2 atom stereocenters. The molecule has 0 saturated heterocycles. The van der Waals surface area contributed by atoms with Crippen molar-refractivity contribution in [1.82, 2.24) is 0 Å². The lowest BCUT2D eigenvalue weighted by molar-refractivity contribution is -0.122. The van der Waals surface area contributed by atoms with Crippen LogP contribution in [0, 0.1) is 0 Å². The third kappa shape index (κ3) is 3.11. The van der Waals surface area contributed by atoms with Crippen LogP contribution in [0.3, 0.4) is 0 Å². The first kappa shape index (κ1) is 16.0. The number of fused-ring (bicyclic) bond motifs is 1. The Bertz CT molecular complexity index is 587. The Morgan fingerprint density at radius 1 is 1.29 bits per heavy atom. The summed E-state index contributed by atoms with van der Waals surface area (Å²) in [6.45, 7) is 0. The minimum atomic E-state index is -1.18. The molecule has 0 saturated carbocycles. The normalized spacial score (nSPS) is 22.3. The summed E-state index contributed by atoms with van der Waals surface area (Å²) in [4.78, 5) is 12.3. The highest BCUT2D eigenvalue weighted by Gasteiger charge is 2.39. The van der Waals surface area contributed by atoms with Crippen LogP contribution in [-0.2, 0) is 28.4 Å². The molecule has 1 aromatic rings. The summed E-state index contributed by atoms with van der Waals surface area (Å²) < 4.78 is 22.1. The van der Waals surface area contributed by atoms with Crippen LogP contribution in [0.1, 0.15) is 17.5 Å². The molecule has 1 aliphatic carbocycles. The molecule has 0 bridgehead atoms. The molecule has 0 amide bonds. The fraction of sp³-hybridized carbons (Fsp3) is 0.533. The molecule has 116 valence electrons. The first-order chi connectivity index (χ1) is 9.91. The summed E-state index contributed by atoms with van der Waals surface area (Å²) in [6.07, 6.45) is 3.08. The first-order valence-electron chi connectivity index (χ1n) is 6.76. The molecule has 1 aliphatic rings. The van der Waals surface area contributed by atoms with Crippen LogP contribution in [-0.4, -0.2) is 41.8 Å². The van der Waals surface area contributed by atoms with Crippen molar-refractivity contribution < 1.29 is 18.5 Å². The Morgan fingerprint density at radius 3 is 2.38 bits per heavy atom. The second-order valence-electron chi connectivity index (χ2n) is 5.40. The monoisotopic (exact) mass is 311 g/mol. The van der Waals surface area contributed by atoms with Crippen LogP contribution in [0.2, 0.25) is 0 Å². The van der Waals surface area contributed by atoms with Gasteiger partial charge in [-0.1, -0.05) is 0 Å². The van der Waals surface area contributed by atoms with Crippen molar-refractivity contribution in [3.63, 3.8) is 0 Å². The van der Waals surface area contributed by atoms with E-state index in [1.807, 2.05) is 12.1 Å². The van der Waals surface area contributed by atoms with Crippen molar-refractivity contribution in [2.75, 3.05) is 26.2 Å². The van der Waals surface area contributed by atoms with E-state index < -0.39 is 16.3 Å². The number of carbonyl (C=O) groups is 1. The quantitative estimate of drug-likeness (QED) is 0.871. The fourth-order valence-corrected chi connectivity index (χ4v) is 3.48. The van der Waals surface area contributed by atoms with Crippen molar-refractivity contribution in [3.05, 3.63) is 23.3 Å². The Labute approximate surface area is 127 Å². The second-order valence-corrected chi connectivity index (χ2v) is 6.84. The van der Waals surface area contributed by atoms with Gasteiger partial charge in [0, 0.05) is 34.6 Å². The van der Waals surface area contributed by atoms with Gasteiger partial charge in [0.25, 0.3) is 0 Å². The largest absolute Gasteiger partial charge is 0.496 e. The zero-order valence-corrected chi connectivity index (χ0v) is 13.4. The highest BCUT2D eigenvalue weighted by Crippen LogP contribution is 2.38. The number of Topliss-reactive ketones (excluding diaryl/α,β-unsaturated/α-hetero) is 1. The van der Waals surface area contributed by atoms with E-state index in [9.17, 15) is 9.00 Å². The Kier molecular flexibility index (Phi) is 4.68. The van der Waals surface area contributed by atoms with E-state index in [0.717, 1.165) is 16.9 Å². The van der Waals surface area contributed by atoms with Crippen LogP contribution in [0.25, 0.3) is 0 Å². The molecule has 0 heterocycles. The van der Waals surface area contributed by atoms with E-state index >= 15 is 0 Å². The number of methoxy groups -OCH3 is 2. The number of hydrogen-bond acceptors (Lipinski definition) is 5. The third-order valence-electron chi connectivity index (χ3n) is 3.99.